The molecule has 1 aromatic carbocycles. The highest BCUT2D eigenvalue weighted by molar-refractivity contribution is 7.19. The lowest BCUT2D eigenvalue weighted by Gasteiger charge is -2.36. The van der Waals surface area contributed by atoms with Crippen molar-refractivity contribution in [3.8, 4) is 6.07 Å². The van der Waals surface area contributed by atoms with Gasteiger partial charge >= 0.3 is 6.18 Å². The minimum Gasteiger partial charge on any atom is -0.481 e. The Hall–Kier alpha value is -3.45. The summed E-state index contributed by atoms with van der Waals surface area (Å²) in [6.07, 6.45) is 1.62. The van der Waals surface area contributed by atoms with E-state index in [1.165, 1.54) is 7.11 Å². The number of hydrogen-bond acceptors (Lipinski definition) is 5. The molecule has 0 radical (unpaired) electrons. The fourth-order valence-electron chi connectivity index (χ4n) is 6.07. The Bertz CT molecular complexity index is 1650. The van der Waals surface area contributed by atoms with Crippen molar-refractivity contribution < 1.29 is 26.7 Å². The standard InChI is InChI=1S/C37H46F5N3OS/c1-10-14-30(46-9)44-34-26(23(8)45(13-4)24(12-3)16-15-22(7)11-2)19-28(37(40,41)42)32(33(34)39)25-17-18-29(38)36-31(25)27(20-43)35(47-36)21(5)6/h14,17-19,21-22,24H,10-13,15-16H2,1-9H3/b26-23+,30-14-,44-34+. The lowest BCUT2D eigenvalue weighted by molar-refractivity contribution is -0.0872. The first-order chi connectivity index (χ1) is 22.2. The first kappa shape index (κ1) is 38.0. The van der Waals surface area contributed by atoms with Crippen LogP contribution in [0.3, 0.4) is 0 Å². The number of alkyl halides is 3. The van der Waals surface area contributed by atoms with Gasteiger partial charge in [-0.05, 0) is 75.1 Å². The molecule has 4 nitrogen and oxygen atoms in total. The zero-order chi connectivity index (χ0) is 35.2. The van der Waals surface area contributed by atoms with E-state index in [9.17, 15) is 5.26 Å². The normalized spacial score (nSPS) is 17.7. The van der Waals surface area contributed by atoms with Gasteiger partial charge in [-0.2, -0.15) is 18.4 Å². The van der Waals surface area contributed by atoms with Gasteiger partial charge < -0.3 is 9.64 Å². The van der Waals surface area contributed by atoms with Gasteiger partial charge in [-0.25, -0.2) is 13.8 Å². The monoisotopic (exact) mass is 675 g/mol. The van der Waals surface area contributed by atoms with Crippen LogP contribution in [0.25, 0.3) is 15.7 Å². The van der Waals surface area contributed by atoms with Crippen LogP contribution >= 0.6 is 11.3 Å². The third-order valence-corrected chi connectivity index (χ3v) is 10.3. The maximum absolute atomic E-state index is 17.2. The average molecular weight is 676 g/mol. The molecule has 1 aliphatic carbocycles. The fourth-order valence-corrected chi connectivity index (χ4v) is 7.26. The maximum atomic E-state index is 17.2. The predicted octanol–water partition coefficient (Wildman–Crippen LogP) is 11.8. The number of aliphatic imine (C=N–C) groups is 1. The van der Waals surface area contributed by atoms with Gasteiger partial charge in [0.15, 0.2) is 5.83 Å². The lowest BCUT2D eigenvalue weighted by Crippen LogP contribution is -2.35. The van der Waals surface area contributed by atoms with Gasteiger partial charge in [-0.1, -0.05) is 54.0 Å². The molecule has 1 aromatic heterocycles. The molecule has 0 fully saturated rings. The van der Waals surface area contributed by atoms with Crippen LogP contribution < -0.4 is 0 Å². The number of methoxy groups -OCH3 is 1. The second-order valence-corrected chi connectivity index (χ2v) is 13.3. The van der Waals surface area contributed by atoms with Gasteiger partial charge in [0.05, 0.1) is 22.9 Å². The van der Waals surface area contributed by atoms with Crippen molar-refractivity contribution >= 4 is 32.7 Å². The van der Waals surface area contributed by atoms with Crippen LogP contribution in [0, 0.1) is 23.1 Å². The Labute approximate surface area is 280 Å². The first-order valence-electron chi connectivity index (χ1n) is 16.4. The molecular formula is C37H46F5N3OS. The molecule has 0 saturated heterocycles. The summed E-state index contributed by atoms with van der Waals surface area (Å²) in [5.41, 5.74) is -2.02. The van der Waals surface area contributed by atoms with Crippen LogP contribution in [0.2, 0.25) is 0 Å². The average Bonchev–Trinajstić information content (AvgIpc) is 3.44. The lowest BCUT2D eigenvalue weighted by atomic mass is 9.84. The molecule has 0 spiro atoms. The summed E-state index contributed by atoms with van der Waals surface area (Å²) in [4.78, 5) is 7.02. The van der Waals surface area contributed by atoms with Gasteiger partial charge in [0, 0.05) is 39.7 Å². The second-order valence-electron chi connectivity index (χ2n) is 12.2. The first-order valence-corrected chi connectivity index (χ1v) is 17.2. The molecule has 0 saturated carbocycles. The fraction of sp³-hybridized carbons (Fsp3) is 0.514. The minimum atomic E-state index is -4.99. The summed E-state index contributed by atoms with van der Waals surface area (Å²) in [5.74, 6) is -1.57. The predicted molar refractivity (Wildman–Crippen MR) is 183 cm³/mol. The summed E-state index contributed by atoms with van der Waals surface area (Å²) >= 11 is 1.00. The summed E-state index contributed by atoms with van der Waals surface area (Å²) in [6, 6.07) is 4.23. The van der Waals surface area contributed by atoms with E-state index in [4.69, 9.17) is 4.74 Å². The number of benzene rings is 1. The molecule has 2 unspecified atom stereocenters. The van der Waals surface area contributed by atoms with Crippen molar-refractivity contribution in [2.24, 2.45) is 10.9 Å². The Morgan fingerprint density at radius 3 is 2.28 bits per heavy atom. The van der Waals surface area contributed by atoms with Crippen LogP contribution in [0.15, 0.2) is 57.8 Å². The van der Waals surface area contributed by atoms with E-state index in [2.05, 4.69) is 24.9 Å². The molecule has 47 heavy (non-hydrogen) atoms. The largest absolute Gasteiger partial charge is 0.481 e. The molecule has 0 amide bonds. The minimum absolute atomic E-state index is 0.00600. The smallest absolute Gasteiger partial charge is 0.417 e. The van der Waals surface area contributed by atoms with E-state index in [0.717, 1.165) is 55.2 Å². The number of fused-ring (bicyclic) bond motifs is 1. The van der Waals surface area contributed by atoms with Crippen molar-refractivity contribution in [1.29, 1.82) is 5.26 Å². The summed E-state index contributed by atoms with van der Waals surface area (Å²) in [5, 5.41) is 10.1. The highest BCUT2D eigenvalue weighted by atomic mass is 32.1. The summed E-state index contributed by atoms with van der Waals surface area (Å²) < 4.78 is 83.1. The molecule has 3 rings (SSSR count). The highest BCUT2D eigenvalue weighted by Crippen LogP contribution is 2.49. The van der Waals surface area contributed by atoms with Gasteiger partial charge in [0.1, 0.15) is 17.6 Å². The number of hydrogen-bond donors (Lipinski definition) is 0. The quantitative estimate of drug-likeness (QED) is 0.157. The molecule has 1 aliphatic rings. The highest BCUT2D eigenvalue weighted by Gasteiger charge is 2.43. The molecule has 0 N–H and O–H groups in total. The van der Waals surface area contributed by atoms with Crippen molar-refractivity contribution in [2.45, 2.75) is 106 Å². The van der Waals surface area contributed by atoms with E-state index in [1.807, 2.05) is 39.5 Å². The van der Waals surface area contributed by atoms with E-state index < -0.39 is 29.0 Å². The van der Waals surface area contributed by atoms with E-state index in [0.29, 0.717) is 29.5 Å². The Kier molecular flexibility index (Phi) is 13.0. The number of allylic oxidation sites excluding steroid dienone is 7. The van der Waals surface area contributed by atoms with Crippen LogP contribution in [0.5, 0.6) is 0 Å². The van der Waals surface area contributed by atoms with Crippen molar-refractivity contribution in [3.63, 3.8) is 0 Å². The molecule has 256 valence electrons. The zero-order valence-electron chi connectivity index (χ0n) is 28.8. The number of halogens is 5. The SMILES string of the molecule is CC/C=C(/N=C1/C(F)=C(c2ccc(F)c3sc(C(C)C)c(C#N)c23)C(C(F)(F)F)=C/C1=C(/C)N(CC)C(CC)CCC(C)CC)OC. The number of rotatable bonds is 13. The van der Waals surface area contributed by atoms with Gasteiger partial charge in [0.2, 0.25) is 5.88 Å². The molecular weight excluding hydrogens is 629 g/mol. The molecule has 2 aromatic rings. The summed E-state index contributed by atoms with van der Waals surface area (Å²) in [7, 11) is 1.37. The Morgan fingerprint density at radius 2 is 1.77 bits per heavy atom. The molecule has 0 aliphatic heterocycles. The molecule has 2 atom stereocenters. The van der Waals surface area contributed by atoms with Gasteiger partial charge in [-0.15, -0.1) is 11.3 Å². The Morgan fingerprint density at radius 1 is 1.09 bits per heavy atom. The van der Waals surface area contributed by atoms with Crippen molar-refractivity contribution in [1.82, 2.24) is 4.90 Å². The van der Waals surface area contributed by atoms with Crippen LogP contribution in [0.4, 0.5) is 22.0 Å². The third-order valence-electron chi connectivity index (χ3n) is 8.84. The summed E-state index contributed by atoms with van der Waals surface area (Å²) in [6.45, 7) is 15.9. The number of nitrogens with zero attached hydrogens (tertiary/aromatic N) is 3. The van der Waals surface area contributed by atoms with E-state index in [1.54, 1.807) is 13.0 Å². The number of ether oxygens (including phenoxy) is 1. The molecule has 0 bridgehead atoms. The van der Waals surface area contributed by atoms with Crippen LogP contribution in [-0.4, -0.2) is 36.5 Å². The maximum Gasteiger partial charge on any atom is 0.417 e. The van der Waals surface area contributed by atoms with Gasteiger partial charge in [-0.3, -0.25) is 0 Å². The third kappa shape index (κ3) is 7.99. The van der Waals surface area contributed by atoms with E-state index >= 15 is 22.0 Å². The van der Waals surface area contributed by atoms with Gasteiger partial charge in [0.25, 0.3) is 0 Å². The van der Waals surface area contributed by atoms with Crippen LogP contribution in [-0.2, 0) is 4.74 Å². The number of nitriles is 1. The van der Waals surface area contributed by atoms with E-state index in [-0.39, 0.29) is 50.3 Å². The Balaban J connectivity index is 2.49. The topological polar surface area (TPSA) is 48.6 Å². The van der Waals surface area contributed by atoms with Crippen molar-refractivity contribution in [3.05, 3.63) is 74.7 Å². The van der Waals surface area contributed by atoms with Crippen molar-refractivity contribution in [2.75, 3.05) is 13.7 Å². The van der Waals surface area contributed by atoms with Crippen LogP contribution in [0.1, 0.15) is 109 Å². The molecule has 1 heterocycles. The second kappa shape index (κ2) is 16.1. The molecule has 10 heteroatoms. The zero-order valence-corrected chi connectivity index (χ0v) is 29.6. The number of thiophene rings is 1.